The second kappa shape index (κ2) is 3.70. The first-order valence-corrected chi connectivity index (χ1v) is 7.81. The van der Waals surface area contributed by atoms with Crippen molar-refractivity contribution in [1.29, 1.82) is 0 Å². The van der Waals surface area contributed by atoms with Crippen LogP contribution in [-0.2, 0) is 20.0 Å². The summed E-state index contributed by atoms with van der Waals surface area (Å²) in [5, 5.41) is 0. The molecule has 1 saturated carbocycles. The zero-order valence-corrected chi connectivity index (χ0v) is 12.7. The summed E-state index contributed by atoms with van der Waals surface area (Å²) in [4.78, 5) is 13.2. The average molecular weight is 298 g/mol. The molecule has 1 aromatic carbocycles. The third kappa shape index (κ3) is 0.995. The molecular formula is C18H18O4. The number of rotatable bonds is 2. The molecule has 0 N–H and O–H groups in total. The van der Waals surface area contributed by atoms with Gasteiger partial charge in [0.15, 0.2) is 17.0 Å². The summed E-state index contributed by atoms with van der Waals surface area (Å²) in [5.74, 6) is -0.671. The molecule has 0 spiro atoms. The SMILES string of the molecule is COC1(OC)c2ccccc2C(=O)[C@]23O[C@@]12[C@H]1C=C[C@H]3CC1. The number of Topliss-reactive ketones (excluding diaryl/α,β-unsaturated/α-hetero) is 1. The monoisotopic (exact) mass is 298 g/mol. The molecular weight excluding hydrogens is 280 g/mol. The number of ketones is 1. The van der Waals surface area contributed by atoms with Gasteiger partial charge in [0.2, 0.25) is 5.79 Å². The van der Waals surface area contributed by atoms with E-state index in [2.05, 4.69) is 12.2 Å². The molecule has 0 amide bonds. The van der Waals surface area contributed by atoms with Crippen molar-refractivity contribution in [2.24, 2.45) is 11.8 Å². The second-order valence-corrected chi connectivity index (χ2v) is 6.65. The smallest absolute Gasteiger partial charge is 0.229 e. The predicted octanol–water partition coefficient (Wildman–Crippen LogP) is 2.43. The van der Waals surface area contributed by atoms with E-state index < -0.39 is 17.0 Å². The highest BCUT2D eigenvalue weighted by Crippen LogP contribution is 2.75. The summed E-state index contributed by atoms with van der Waals surface area (Å²) >= 11 is 0. The first-order chi connectivity index (χ1) is 10.7. The van der Waals surface area contributed by atoms with E-state index in [1.54, 1.807) is 14.2 Å². The Kier molecular flexibility index (Phi) is 2.19. The minimum Gasteiger partial charge on any atom is -0.347 e. The Morgan fingerprint density at radius 2 is 1.77 bits per heavy atom. The van der Waals surface area contributed by atoms with Crippen LogP contribution in [0.25, 0.3) is 0 Å². The van der Waals surface area contributed by atoms with E-state index in [9.17, 15) is 4.79 Å². The molecule has 5 aliphatic rings. The maximum Gasteiger partial charge on any atom is 0.229 e. The highest BCUT2D eigenvalue weighted by Gasteiger charge is 2.91. The van der Waals surface area contributed by atoms with Crippen LogP contribution in [0, 0.1) is 11.8 Å². The number of benzene rings is 1. The Morgan fingerprint density at radius 3 is 2.45 bits per heavy atom. The minimum absolute atomic E-state index is 0.0897. The minimum atomic E-state index is -1.02. The van der Waals surface area contributed by atoms with E-state index in [0.717, 1.165) is 18.4 Å². The van der Waals surface area contributed by atoms with Crippen molar-refractivity contribution in [1.82, 2.24) is 0 Å². The first-order valence-electron chi connectivity index (χ1n) is 7.81. The average Bonchev–Trinajstić information content (AvgIpc) is 3.33. The summed E-state index contributed by atoms with van der Waals surface area (Å²) in [6.07, 6.45) is 6.34. The van der Waals surface area contributed by atoms with Gasteiger partial charge in [0.05, 0.1) is 0 Å². The number of carbonyl (C=O) groups is 1. The molecule has 22 heavy (non-hydrogen) atoms. The number of carbonyl (C=O) groups excluding carboxylic acids is 1. The molecule has 1 aromatic rings. The van der Waals surface area contributed by atoms with Crippen LogP contribution in [0.4, 0.5) is 0 Å². The lowest BCUT2D eigenvalue weighted by Crippen LogP contribution is -2.64. The van der Waals surface area contributed by atoms with Gasteiger partial charge in [-0.25, -0.2) is 0 Å². The quantitative estimate of drug-likeness (QED) is 0.478. The van der Waals surface area contributed by atoms with Crippen LogP contribution in [-0.4, -0.2) is 31.2 Å². The van der Waals surface area contributed by atoms with Gasteiger partial charge in [-0.05, 0) is 12.8 Å². The van der Waals surface area contributed by atoms with Gasteiger partial charge in [-0.15, -0.1) is 0 Å². The zero-order chi connectivity index (χ0) is 15.2. The Morgan fingerprint density at radius 1 is 1.09 bits per heavy atom. The molecule has 4 heteroatoms. The van der Waals surface area contributed by atoms with E-state index >= 15 is 0 Å². The van der Waals surface area contributed by atoms with Gasteiger partial charge in [-0.2, -0.15) is 0 Å². The molecule has 4 atom stereocenters. The number of hydrogen-bond donors (Lipinski definition) is 0. The standard InChI is InChI=1S/C18H18O4/c1-20-18(21-2)14-6-4-3-5-13(14)15(19)16-11-7-9-12(10-8-11)17(16,18)22-16/h3-7,9,11-12H,8,10H2,1-2H3/t11-,12-,16-,17+/m0/s1. The van der Waals surface area contributed by atoms with Gasteiger partial charge in [-0.3, -0.25) is 4.79 Å². The van der Waals surface area contributed by atoms with Crippen LogP contribution in [0.3, 0.4) is 0 Å². The molecule has 2 bridgehead atoms. The van der Waals surface area contributed by atoms with Gasteiger partial charge < -0.3 is 14.2 Å². The lowest BCUT2D eigenvalue weighted by atomic mass is 9.54. The molecule has 1 heterocycles. The molecule has 6 rings (SSSR count). The molecule has 4 aliphatic carbocycles. The van der Waals surface area contributed by atoms with Gasteiger partial charge in [0, 0.05) is 37.2 Å². The molecule has 0 radical (unpaired) electrons. The lowest BCUT2D eigenvalue weighted by Gasteiger charge is -2.50. The van der Waals surface area contributed by atoms with E-state index in [0.29, 0.717) is 5.56 Å². The summed E-state index contributed by atoms with van der Waals surface area (Å²) in [6, 6.07) is 7.58. The summed E-state index contributed by atoms with van der Waals surface area (Å²) < 4.78 is 18.2. The van der Waals surface area contributed by atoms with Crippen molar-refractivity contribution in [2.75, 3.05) is 14.2 Å². The normalized spacial score (nSPS) is 42.5. The number of methoxy groups -OCH3 is 2. The number of epoxide rings is 1. The molecule has 1 saturated heterocycles. The van der Waals surface area contributed by atoms with E-state index in [-0.39, 0.29) is 17.6 Å². The fourth-order valence-corrected chi connectivity index (χ4v) is 5.34. The lowest BCUT2D eigenvalue weighted by molar-refractivity contribution is -0.268. The Hall–Kier alpha value is -1.49. The Balaban J connectivity index is 1.87. The maximum atomic E-state index is 13.2. The highest BCUT2D eigenvalue weighted by molar-refractivity contribution is 6.09. The molecule has 1 aliphatic heterocycles. The predicted molar refractivity (Wildman–Crippen MR) is 78.4 cm³/mol. The van der Waals surface area contributed by atoms with Crippen LogP contribution in [0.2, 0.25) is 0 Å². The Bertz CT molecular complexity index is 720. The third-order valence-corrected chi connectivity index (χ3v) is 6.17. The number of hydrogen-bond acceptors (Lipinski definition) is 4. The van der Waals surface area contributed by atoms with Crippen molar-refractivity contribution in [3.63, 3.8) is 0 Å². The van der Waals surface area contributed by atoms with Crippen LogP contribution >= 0.6 is 0 Å². The fourth-order valence-electron chi connectivity index (χ4n) is 5.34. The van der Waals surface area contributed by atoms with Crippen molar-refractivity contribution in [3.05, 3.63) is 47.5 Å². The highest BCUT2D eigenvalue weighted by atomic mass is 16.8. The maximum absolute atomic E-state index is 13.2. The van der Waals surface area contributed by atoms with Gasteiger partial charge >= 0.3 is 0 Å². The van der Waals surface area contributed by atoms with Gasteiger partial charge in [0.25, 0.3) is 0 Å². The third-order valence-electron chi connectivity index (χ3n) is 6.17. The van der Waals surface area contributed by atoms with Crippen molar-refractivity contribution >= 4 is 5.78 Å². The molecule has 0 aromatic heterocycles. The van der Waals surface area contributed by atoms with E-state index in [4.69, 9.17) is 14.2 Å². The summed E-state index contributed by atoms with van der Waals surface area (Å²) in [5.41, 5.74) is -0.0585. The molecule has 2 fully saturated rings. The second-order valence-electron chi connectivity index (χ2n) is 6.65. The summed E-state index contributed by atoms with van der Waals surface area (Å²) in [6.45, 7) is 0. The van der Waals surface area contributed by atoms with Crippen molar-refractivity contribution < 1.29 is 19.0 Å². The molecule has 114 valence electrons. The van der Waals surface area contributed by atoms with Crippen LogP contribution < -0.4 is 0 Å². The number of fused-ring (bicyclic) bond motifs is 2. The fraction of sp³-hybridized carbons (Fsp3) is 0.500. The summed E-state index contributed by atoms with van der Waals surface area (Å²) in [7, 11) is 3.28. The molecule has 0 unspecified atom stereocenters. The van der Waals surface area contributed by atoms with Crippen molar-refractivity contribution in [2.45, 2.75) is 29.8 Å². The Labute approximate surface area is 129 Å². The van der Waals surface area contributed by atoms with Crippen LogP contribution in [0.1, 0.15) is 28.8 Å². The largest absolute Gasteiger partial charge is 0.347 e. The van der Waals surface area contributed by atoms with Crippen LogP contribution in [0.5, 0.6) is 0 Å². The van der Waals surface area contributed by atoms with E-state index in [1.165, 1.54) is 0 Å². The van der Waals surface area contributed by atoms with E-state index in [1.807, 2.05) is 24.3 Å². The van der Waals surface area contributed by atoms with Crippen molar-refractivity contribution in [3.8, 4) is 0 Å². The van der Waals surface area contributed by atoms with Crippen LogP contribution in [0.15, 0.2) is 36.4 Å². The molecule has 4 nitrogen and oxygen atoms in total. The van der Waals surface area contributed by atoms with Gasteiger partial charge in [-0.1, -0.05) is 36.4 Å². The number of ether oxygens (including phenoxy) is 3. The topological polar surface area (TPSA) is 48.1 Å². The van der Waals surface area contributed by atoms with Gasteiger partial charge in [0.1, 0.15) is 0 Å². The zero-order valence-electron chi connectivity index (χ0n) is 12.7. The first kappa shape index (κ1) is 13.0.